The summed E-state index contributed by atoms with van der Waals surface area (Å²) in [5.41, 5.74) is -1.16. The molecule has 0 aromatic heterocycles. The van der Waals surface area contributed by atoms with Crippen LogP contribution in [-0.4, -0.2) is 28.2 Å². The van der Waals surface area contributed by atoms with Crippen LogP contribution >= 0.6 is 0 Å². The van der Waals surface area contributed by atoms with E-state index in [-0.39, 0.29) is 30.3 Å². The number of benzene rings is 1. The normalized spacial score (nSPS) is 11.8. The third-order valence-electron chi connectivity index (χ3n) is 2.95. The van der Waals surface area contributed by atoms with Gasteiger partial charge in [-0.05, 0) is 19.8 Å². The predicted octanol–water partition coefficient (Wildman–Crippen LogP) is 3.13. The fraction of sp³-hybridized carbons (Fsp3) is 0.571. The van der Waals surface area contributed by atoms with Crippen LogP contribution in [-0.2, 0) is 0 Å². The molecular weight excluding hydrogens is 308 g/mol. The van der Waals surface area contributed by atoms with Crippen LogP contribution < -0.4 is 9.47 Å². The fourth-order valence-corrected chi connectivity index (χ4v) is 1.96. The highest BCUT2D eigenvalue weighted by atomic mass is 16.6. The number of aliphatic hydroxyl groups is 1. The minimum atomic E-state index is -1.27. The zero-order chi connectivity index (χ0) is 17.6. The summed E-state index contributed by atoms with van der Waals surface area (Å²) in [5, 5.41) is 32.4. The number of hydrogen-bond acceptors (Lipinski definition) is 7. The van der Waals surface area contributed by atoms with Gasteiger partial charge in [0.2, 0.25) is 11.5 Å². The predicted molar refractivity (Wildman–Crippen MR) is 82.0 cm³/mol. The van der Waals surface area contributed by atoms with Gasteiger partial charge >= 0.3 is 11.4 Å². The molecule has 9 nitrogen and oxygen atoms in total. The van der Waals surface area contributed by atoms with Gasteiger partial charge in [-0.25, -0.2) is 0 Å². The maximum atomic E-state index is 11.4. The Hall–Kier alpha value is -2.42. The minimum absolute atomic E-state index is 0.129. The number of ether oxygens (including phenoxy) is 2. The van der Waals surface area contributed by atoms with Gasteiger partial charge in [-0.15, -0.1) is 0 Å². The van der Waals surface area contributed by atoms with Crippen molar-refractivity contribution in [1.82, 2.24) is 0 Å². The van der Waals surface area contributed by atoms with Crippen molar-refractivity contribution in [2.24, 2.45) is 0 Å². The third-order valence-corrected chi connectivity index (χ3v) is 2.95. The van der Waals surface area contributed by atoms with Gasteiger partial charge in [0.25, 0.3) is 0 Å². The van der Waals surface area contributed by atoms with Crippen molar-refractivity contribution < 1.29 is 24.4 Å². The molecule has 1 N–H and O–H groups in total. The molecule has 23 heavy (non-hydrogen) atoms. The highest BCUT2D eigenvalue weighted by Gasteiger charge is 2.35. The Kier molecular flexibility index (Phi) is 6.70. The smallest absolute Gasteiger partial charge is 0.321 e. The molecule has 0 aliphatic carbocycles. The van der Waals surface area contributed by atoms with Crippen LogP contribution in [0.5, 0.6) is 11.5 Å². The van der Waals surface area contributed by atoms with Crippen molar-refractivity contribution in [3.8, 4) is 11.5 Å². The maximum Gasteiger partial charge on any atom is 0.321 e. The molecule has 1 rings (SSSR count). The topological polar surface area (TPSA) is 125 Å². The van der Waals surface area contributed by atoms with E-state index < -0.39 is 27.3 Å². The lowest BCUT2D eigenvalue weighted by atomic mass is 10.1. The second-order valence-corrected chi connectivity index (χ2v) is 4.88. The van der Waals surface area contributed by atoms with Crippen molar-refractivity contribution in [2.45, 2.75) is 39.7 Å². The van der Waals surface area contributed by atoms with Crippen molar-refractivity contribution >= 4 is 11.4 Å². The number of nitrogens with zero attached hydrogens (tertiary/aromatic N) is 2. The minimum Gasteiger partial charge on any atom is -0.484 e. The summed E-state index contributed by atoms with van der Waals surface area (Å²) in [5.74, 6) is -0.586. The van der Waals surface area contributed by atoms with E-state index in [1.165, 1.54) is 6.92 Å². The van der Waals surface area contributed by atoms with E-state index in [1.54, 1.807) is 13.8 Å². The van der Waals surface area contributed by atoms with Gasteiger partial charge in [0, 0.05) is 6.07 Å². The average Bonchev–Trinajstić information content (AvgIpc) is 2.49. The van der Waals surface area contributed by atoms with Gasteiger partial charge in [-0.1, -0.05) is 13.8 Å². The summed E-state index contributed by atoms with van der Waals surface area (Å²) in [4.78, 5) is 21.3. The second kappa shape index (κ2) is 8.28. The van der Waals surface area contributed by atoms with E-state index >= 15 is 0 Å². The lowest BCUT2D eigenvalue weighted by molar-refractivity contribution is -0.391. The molecule has 0 fully saturated rings. The molecule has 1 unspecified atom stereocenters. The van der Waals surface area contributed by atoms with Gasteiger partial charge in [0.1, 0.15) is 0 Å². The average molecular weight is 328 g/mol. The molecule has 0 radical (unpaired) electrons. The second-order valence-electron chi connectivity index (χ2n) is 4.88. The molecule has 0 amide bonds. The first-order valence-corrected chi connectivity index (χ1v) is 7.28. The molecule has 1 atom stereocenters. The van der Waals surface area contributed by atoms with Crippen LogP contribution in [0.1, 0.15) is 45.3 Å². The standard InChI is InChI=1S/C14H20N2O7/c1-4-6-22-13-11(15(18)19)8-10(9(3)17)12(16(20)21)14(13)23-7-5-2/h8-9,17H,4-7H2,1-3H3. The molecule has 0 saturated carbocycles. The van der Waals surface area contributed by atoms with E-state index in [4.69, 9.17) is 9.47 Å². The highest BCUT2D eigenvalue weighted by Crippen LogP contribution is 2.48. The zero-order valence-corrected chi connectivity index (χ0v) is 13.3. The molecule has 0 aliphatic rings. The largest absolute Gasteiger partial charge is 0.484 e. The Labute approximate surface area is 133 Å². The molecule has 0 spiro atoms. The summed E-state index contributed by atoms with van der Waals surface area (Å²) in [7, 11) is 0. The summed E-state index contributed by atoms with van der Waals surface area (Å²) < 4.78 is 10.7. The molecule has 0 bridgehead atoms. The summed E-state index contributed by atoms with van der Waals surface area (Å²) in [6, 6.07) is 0.965. The molecule has 128 valence electrons. The molecule has 1 aromatic carbocycles. The van der Waals surface area contributed by atoms with Crippen LogP contribution in [0.25, 0.3) is 0 Å². The van der Waals surface area contributed by atoms with E-state index in [0.29, 0.717) is 12.8 Å². The van der Waals surface area contributed by atoms with Gasteiger partial charge < -0.3 is 14.6 Å². The van der Waals surface area contributed by atoms with Crippen LogP contribution in [0.15, 0.2) is 6.07 Å². The molecule has 0 heterocycles. The molecule has 0 aliphatic heterocycles. The Morgan fingerprint density at radius 1 is 1.09 bits per heavy atom. The lowest BCUT2D eigenvalue weighted by Crippen LogP contribution is -2.10. The van der Waals surface area contributed by atoms with Gasteiger partial charge in [0.05, 0.1) is 34.7 Å². The van der Waals surface area contributed by atoms with Gasteiger partial charge in [0.15, 0.2) is 0 Å². The summed E-state index contributed by atoms with van der Waals surface area (Å²) in [6.07, 6.45) is -0.147. The summed E-state index contributed by atoms with van der Waals surface area (Å²) >= 11 is 0. The number of hydrogen-bond donors (Lipinski definition) is 1. The Bertz CT molecular complexity index is 587. The van der Waals surface area contributed by atoms with Crippen molar-refractivity contribution in [2.75, 3.05) is 13.2 Å². The van der Waals surface area contributed by atoms with Crippen LogP contribution in [0.3, 0.4) is 0 Å². The van der Waals surface area contributed by atoms with Crippen molar-refractivity contribution in [3.05, 3.63) is 31.9 Å². The maximum absolute atomic E-state index is 11.4. The van der Waals surface area contributed by atoms with Gasteiger partial charge in [-0.2, -0.15) is 0 Å². The number of aliphatic hydroxyl groups excluding tert-OH is 1. The Morgan fingerprint density at radius 3 is 2.00 bits per heavy atom. The highest BCUT2D eigenvalue weighted by molar-refractivity contribution is 5.69. The fourth-order valence-electron chi connectivity index (χ4n) is 1.96. The molecule has 1 aromatic rings. The Morgan fingerprint density at radius 2 is 1.61 bits per heavy atom. The van der Waals surface area contributed by atoms with E-state index in [1.807, 2.05) is 0 Å². The Balaban J connectivity index is 3.69. The van der Waals surface area contributed by atoms with E-state index in [9.17, 15) is 25.3 Å². The molecule has 0 saturated heterocycles. The van der Waals surface area contributed by atoms with Gasteiger partial charge in [-0.3, -0.25) is 20.2 Å². The zero-order valence-electron chi connectivity index (χ0n) is 13.3. The first kappa shape index (κ1) is 18.6. The number of nitro groups is 2. The van der Waals surface area contributed by atoms with Crippen LogP contribution in [0, 0.1) is 20.2 Å². The van der Waals surface area contributed by atoms with Crippen molar-refractivity contribution in [1.29, 1.82) is 0 Å². The third kappa shape index (κ3) is 4.28. The number of rotatable bonds is 9. The monoisotopic (exact) mass is 328 g/mol. The molecular formula is C14H20N2O7. The molecule has 9 heteroatoms. The first-order chi connectivity index (χ1) is 10.8. The quantitative estimate of drug-likeness (QED) is 0.545. The van der Waals surface area contributed by atoms with Crippen LogP contribution in [0.4, 0.5) is 11.4 Å². The van der Waals surface area contributed by atoms with Crippen molar-refractivity contribution in [3.63, 3.8) is 0 Å². The first-order valence-electron chi connectivity index (χ1n) is 7.28. The van der Waals surface area contributed by atoms with Crippen LogP contribution in [0.2, 0.25) is 0 Å². The summed E-state index contributed by atoms with van der Waals surface area (Å²) in [6.45, 7) is 5.17. The van der Waals surface area contributed by atoms with E-state index in [2.05, 4.69) is 0 Å². The van der Waals surface area contributed by atoms with E-state index in [0.717, 1.165) is 6.07 Å². The number of nitro benzene ring substituents is 2. The lowest BCUT2D eigenvalue weighted by Gasteiger charge is -2.15. The SMILES string of the molecule is CCCOc1c([N+](=O)[O-])cc(C(C)O)c([N+](=O)[O-])c1OCCC.